The van der Waals surface area contributed by atoms with Crippen LogP contribution in [0.1, 0.15) is 51.0 Å². The Balaban J connectivity index is 1.31. The molecule has 1 heterocycles. The van der Waals surface area contributed by atoms with Gasteiger partial charge in [-0.15, -0.1) is 0 Å². The first-order valence-electron chi connectivity index (χ1n) is 12.9. The lowest BCUT2D eigenvalue weighted by Gasteiger charge is -2.27. The summed E-state index contributed by atoms with van der Waals surface area (Å²) in [7, 11) is -0.436. The molecule has 0 spiro atoms. The largest absolute Gasteiger partial charge is 0.206 e. The highest BCUT2D eigenvalue weighted by Gasteiger charge is 2.21. The van der Waals surface area contributed by atoms with E-state index in [1.165, 1.54) is 56.2 Å². The predicted octanol–water partition coefficient (Wildman–Crippen LogP) is 9.20. The molecule has 0 N–H and O–H groups in total. The molecule has 0 atom stereocenters. The average Bonchev–Trinajstić information content (AvgIpc) is 2.86. The molecular formula is C30H35F3Si. The zero-order valence-corrected chi connectivity index (χ0v) is 21.3. The molecule has 0 radical (unpaired) electrons. The van der Waals surface area contributed by atoms with Crippen LogP contribution in [0.15, 0.2) is 60.7 Å². The fourth-order valence-corrected chi connectivity index (χ4v) is 8.94. The van der Waals surface area contributed by atoms with Crippen molar-refractivity contribution in [3.05, 3.63) is 83.7 Å². The zero-order chi connectivity index (χ0) is 23.9. The van der Waals surface area contributed by atoms with E-state index >= 15 is 0 Å². The minimum Gasteiger partial charge on any atom is -0.206 e. The molecule has 1 fully saturated rings. The van der Waals surface area contributed by atoms with Gasteiger partial charge in [0.15, 0.2) is 11.6 Å². The molecule has 0 aromatic heterocycles. The van der Waals surface area contributed by atoms with Crippen LogP contribution in [0.5, 0.6) is 0 Å². The van der Waals surface area contributed by atoms with Gasteiger partial charge in [-0.1, -0.05) is 99.6 Å². The highest BCUT2D eigenvalue weighted by Crippen LogP contribution is 2.32. The van der Waals surface area contributed by atoms with Crippen LogP contribution in [-0.2, 0) is 6.42 Å². The average molecular weight is 481 g/mol. The Morgan fingerprint density at radius 2 is 1.41 bits per heavy atom. The minimum atomic E-state index is -0.973. The Morgan fingerprint density at radius 3 is 2.09 bits per heavy atom. The number of hydrogen-bond donors (Lipinski definition) is 0. The maximum atomic E-state index is 14.8. The molecule has 0 nitrogen and oxygen atoms in total. The first kappa shape index (κ1) is 24.8. The summed E-state index contributed by atoms with van der Waals surface area (Å²) in [6.07, 6.45) is 9.45. The SMILES string of the molecule is CCCCC[Si@H]1CC[C@H](CCc2ccc(-c3ccc(-c4ccc(F)c(F)c4)c(F)c3)cc2)CC1. The topological polar surface area (TPSA) is 0 Å². The quantitative estimate of drug-likeness (QED) is 0.211. The van der Waals surface area contributed by atoms with Gasteiger partial charge in [-0.3, -0.25) is 0 Å². The van der Waals surface area contributed by atoms with E-state index in [4.69, 9.17) is 0 Å². The summed E-state index contributed by atoms with van der Waals surface area (Å²) in [6, 6.07) is 21.4. The summed E-state index contributed by atoms with van der Waals surface area (Å²) in [5.41, 5.74) is 3.67. The molecule has 1 saturated heterocycles. The number of benzene rings is 3. The van der Waals surface area contributed by atoms with Gasteiger partial charge in [-0.05, 0) is 59.2 Å². The molecule has 4 rings (SSSR count). The summed E-state index contributed by atoms with van der Waals surface area (Å²) in [5, 5.41) is 0. The molecule has 1 aliphatic rings. The standard InChI is InChI=1S/C30H35F3Si/c1-2-3-4-17-34-18-15-23(16-19-34)6-5-22-7-9-24(10-8-22)25-11-13-27(29(32)20-25)26-12-14-28(31)30(33)21-26/h7-14,20-21,23,34H,2-6,15-19H2,1H3/t23-,34-. The van der Waals surface area contributed by atoms with E-state index in [0.29, 0.717) is 5.56 Å². The molecule has 4 heteroatoms. The van der Waals surface area contributed by atoms with E-state index in [9.17, 15) is 13.2 Å². The lowest BCUT2D eigenvalue weighted by Crippen LogP contribution is -2.21. The van der Waals surface area contributed by atoms with Crippen LogP contribution in [0.2, 0.25) is 18.1 Å². The molecular weight excluding hydrogens is 445 g/mol. The van der Waals surface area contributed by atoms with Crippen LogP contribution < -0.4 is 0 Å². The second-order valence-corrected chi connectivity index (χ2v) is 13.4. The van der Waals surface area contributed by atoms with E-state index < -0.39 is 26.2 Å². The maximum Gasteiger partial charge on any atom is 0.159 e. The Hall–Kier alpha value is -2.33. The number of halogens is 3. The van der Waals surface area contributed by atoms with Crippen LogP contribution in [0.4, 0.5) is 13.2 Å². The van der Waals surface area contributed by atoms with Crippen molar-refractivity contribution >= 4 is 8.80 Å². The van der Waals surface area contributed by atoms with Gasteiger partial charge in [0.05, 0.1) is 0 Å². The second-order valence-electron chi connectivity index (χ2n) is 9.94. The highest BCUT2D eigenvalue weighted by atomic mass is 28.3. The van der Waals surface area contributed by atoms with Crippen LogP contribution >= 0.6 is 0 Å². The van der Waals surface area contributed by atoms with Gasteiger partial charge in [-0.25, -0.2) is 13.2 Å². The molecule has 0 amide bonds. The van der Waals surface area contributed by atoms with Crippen molar-refractivity contribution in [1.82, 2.24) is 0 Å². The summed E-state index contributed by atoms with van der Waals surface area (Å²) in [6.45, 7) is 2.29. The fraction of sp³-hybridized carbons (Fsp3) is 0.400. The molecule has 0 aliphatic carbocycles. The first-order chi connectivity index (χ1) is 16.5. The number of aryl methyl sites for hydroxylation is 1. The molecule has 180 valence electrons. The third kappa shape index (κ3) is 6.41. The normalized spacial score (nSPS) is 18.2. The molecule has 0 unspecified atom stereocenters. The minimum absolute atomic E-state index is 0.266. The first-order valence-corrected chi connectivity index (χ1v) is 15.3. The van der Waals surface area contributed by atoms with Crippen molar-refractivity contribution in [2.45, 2.75) is 70.0 Å². The van der Waals surface area contributed by atoms with Crippen LogP contribution in [0.25, 0.3) is 22.3 Å². The Kier molecular flexibility index (Phi) is 8.66. The fourth-order valence-electron chi connectivity index (χ4n) is 5.32. The molecule has 1 aliphatic heterocycles. The predicted molar refractivity (Wildman–Crippen MR) is 139 cm³/mol. The second kappa shape index (κ2) is 11.9. The van der Waals surface area contributed by atoms with Crippen LogP contribution in [0, 0.1) is 23.4 Å². The Bertz CT molecular complexity index is 1070. The summed E-state index contributed by atoms with van der Waals surface area (Å²) in [4.78, 5) is 0. The van der Waals surface area contributed by atoms with Crippen LogP contribution in [0.3, 0.4) is 0 Å². The number of hydrogen-bond acceptors (Lipinski definition) is 0. The summed E-state index contributed by atoms with van der Waals surface area (Å²) >= 11 is 0. The Morgan fingerprint density at radius 1 is 0.735 bits per heavy atom. The van der Waals surface area contributed by atoms with Crippen molar-refractivity contribution in [2.75, 3.05) is 0 Å². The van der Waals surface area contributed by atoms with E-state index in [0.717, 1.165) is 35.6 Å². The van der Waals surface area contributed by atoms with Crippen molar-refractivity contribution in [3.63, 3.8) is 0 Å². The van der Waals surface area contributed by atoms with Gasteiger partial charge in [0.1, 0.15) is 5.82 Å². The summed E-state index contributed by atoms with van der Waals surface area (Å²) < 4.78 is 41.5. The lowest BCUT2D eigenvalue weighted by molar-refractivity contribution is 0.437. The smallest absolute Gasteiger partial charge is 0.159 e. The monoisotopic (exact) mass is 480 g/mol. The molecule has 0 saturated carbocycles. The van der Waals surface area contributed by atoms with Crippen molar-refractivity contribution in [3.8, 4) is 22.3 Å². The van der Waals surface area contributed by atoms with Crippen molar-refractivity contribution < 1.29 is 13.2 Å². The van der Waals surface area contributed by atoms with Crippen molar-refractivity contribution in [2.24, 2.45) is 5.92 Å². The van der Waals surface area contributed by atoms with Gasteiger partial charge in [-0.2, -0.15) is 0 Å². The van der Waals surface area contributed by atoms with Gasteiger partial charge in [0, 0.05) is 14.4 Å². The third-order valence-corrected chi connectivity index (χ3v) is 11.0. The number of rotatable bonds is 9. The van der Waals surface area contributed by atoms with Crippen LogP contribution in [-0.4, -0.2) is 8.80 Å². The third-order valence-electron chi connectivity index (χ3n) is 7.51. The zero-order valence-electron chi connectivity index (χ0n) is 20.1. The number of unbranched alkanes of at least 4 members (excludes halogenated alkanes) is 2. The van der Waals surface area contributed by atoms with E-state index in [1.807, 2.05) is 6.07 Å². The van der Waals surface area contributed by atoms with Gasteiger partial charge in [0.2, 0.25) is 0 Å². The van der Waals surface area contributed by atoms with Gasteiger partial charge in [0.25, 0.3) is 0 Å². The van der Waals surface area contributed by atoms with Gasteiger partial charge < -0.3 is 0 Å². The highest BCUT2D eigenvalue weighted by molar-refractivity contribution is 6.58. The molecule has 3 aromatic rings. The van der Waals surface area contributed by atoms with Gasteiger partial charge >= 0.3 is 0 Å². The molecule has 0 bridgehead atoms. The van der Waals surface area contributed by atoms with E-state index in [1.54, 1.807) is 24.2 Å². The summed E-state index contributed by atoms with van der Waals surface area (Å²) in [5.74, 6) is -1.47. The maximum absolute atomic E-state index is 14.8. The molecule has 3 aromatic carbocycles. The molecule has 34 heavy (non-hydrogen) atoms. The van der Waals surface area contributed by atoms with E-state index in [2.05, 4.69) is 31.2 Å². The Labute approximate surface area is 203 Å². The van der Waals surface area contributed by atoms with Crippen molar-refractivity contribution in [1.29, 1.82) is 0 Å². The lowest BCUT2D eigenvalue weighted by atomic mass is 9.93. The van der Waals surface area contributed by atoms with E-state index in [-0.39, 0.29) is 5.56 Å².